The van der Waals surface area contributed by atoms with Crippen molar-refractivity contribution in [1.82, 2.24) is 9.97 Å². The van der Waals surface area contributed by atoms with Gasteiger partial charge < -0.3 is 10.6 Å². The van der Waals surface area contributed by atoms with E-state index >= 15 is 0 Å². The minimum Gasteiger partial charge on any atom is -0.360 e. The maximum atomic E-state index is 13.7. The Balaban J connectivity index is 2.48. The van der Waals surface area contributed by atoms with E-state index in [1.807, 2.05) is 0 Å². The number of nitrogens with one attached hydrogen (secondary N) is 2. The molecule has 2 rings (SSSR count). The third kappa shape index (κ3) is 4.09. The minimum absolute atomic E-state index is 0.0168. The highest BCUT2D eigenvalue weighted by atomic mass is 19.1. The van der Waals surface area contributed by atoms with Crippen molar-refractivity contribution < 1.29 is 13.7 Å². The van der Waals surface area contributed by atoms with Gasteiger partial charge in [-0.3, -0.25) is 10.1 Å². The molecule has 0 radical (unpaired) electrons. The second-order valence-electron chi connectivity index (χ2n) is 5.80. The molecule has 0 aliphatic rings. The molecule has 23 heavy (non-hydrogen) atoms. The Bertz CT molecular complexity index is 746. The molecule has 0 aliphatic heterocycles. The van der Waals surface area contributed by atoms with Crippen LogP contribution in [0, 0.1) is 21.7 Å². The Kier molecular flexibility index (Phi) is 4.39. The standard InChI is InChI=1S/C14H15F2N5O2/c1-14(2,3)20-13-11(21(22)23)12(17-7-18-13)19-10-6-8(15)4-5-9(10)16/h4-7H,1-3H3,(H2,17,18,19,20). The molecule has 1 heterocycles. The maximum absolute atomic E-state index is 13.7. The summed E-state index contributed by atoms with van der Waals surface area (Å²) in [5, 5.41) is 16.7. The molecule has 7 nitrogen and oxygen atoms in total. The van der Waals surface area contributed by atoms with Crippen molar-refractivity contribution >= 4 is 23.0 Å². The zero-order valence-corrected chi connectivity index (χ0v) is 12.7. The van der Waals surface area contributed by atoms with Gasteiger partial charge in [-0.2, -0.15) is 0 Å². The fraction of sp³-hybridized carbons (Fsp3) is 0.286. The lowest BCUT2D eigenvalue weighted by Crippen LogP contribution is -2.27. The molecule has 0 bridgehead atoms. The van der Waals surface area contributed by atoms with Gasteiger partial charge in [-0.05, 0) is 32.9 Å². The van der Waals surface area contributed by atoms with Gasteiger partial charge in [-0.25, -0.2) is 18.7 Å². The summed E-state index contributed by atoms with van der Waals surface area (Å²) in [5.74, 6) is -1.69. The summed E-state index contributed by atoms with van der Waals surface area (Å²) in [6.45, 7) is 5.41. The van der Waals surface area contributed by atoms with Crippen molar-refractivity contribution in [3.05, 3.63) is 46.3 Å². The van der Waals surface area contributed by atoms with Crippen molar-refractivity contribution in [2.24, 2.45) is 0 Å². The Morgan fingerprint density at radius 2 is 1.83 bits per heavy atom. The molecular formula is C14H15F2N5O2. The van der Waals surface area contributed by atoms with Crippen LogP contribution in [-0.4, -0.2) is 20.4 Å². The molecule has 9 heteroatoms. The number of nitrogens with zero attached hydrogens (tertiary/aromatic N) is 3. The molecule has 0 atom stereocenters. The van der Waals surface area contributed by atoms with E-state index in [1.54, 1.807) is 20.8 Å². The van der Waals surface area contributed by atoms with E-state index in [-0.39, 0.29) is 17.3 Å². The molecular weight excluding hydrogens is 308 g/mol. The van der Waals surface area contributed by atoms with E-state index in [1.165, 1.54) is 0 Å². The summed E-state index contributed by atoms with van der Waals surface area (Å²) in [6.07, 6.45) is 1.10. The zero-order valence-electron chi connectivity index (χ0n) is 12.7. The first kappa shape index (κ1) is 16.5. The van der Waals surface area contributed by atoms with Crippen LogP contribution in [0.25, 0.3) is 0 Å². The lowest BCUT2D eigenvalue weighted by atomic mass is 10.1. The van der Waals surface area contributed by atoms with Gasteiger partial charge in [0.25, 0.3) is 0 Å². The predicted molar refractivity (Wildman–Crippen MR) is 81.7 cm³/mol. The number of halogens is 2. The van der Waals surface area contributed by atoms with E-state index in [0.717, 1.165) is 24.5 Å². The summed E-state index contributed by atoms with van der Waals surface area (Å²) < 4.78 is 26.9. The number of anilines is 3. The SMILES string of the molecule is CC(C)(C)Nc1ncnc(Nc2cc(F)ccc2F)c1[N+](=O)[O-]. The van der Waals surface area contributed by atoms with Crippen LogP contribution < -0.4 is 10.6 Å². The minimum atomic E-state index is -0.760. The highest BCUT2D eigenvalue weighted by Gasteiger charge is 2.26. The molecule has 0 spiro atoms. The second kappa shape index (κ2) is 6.11. The van der Waals surface area contributed by atoms with Crippen molar-refractivity contribution in [2.75, 3.05) is 10.6 Å². The van der Waals surface area contributed by atoms with Gasteiger partial charge in [0, 0.05) is 11.6 Å². The fourth-order valence-corrected chi connectivity index (χ4v) is 1.81. The van der Waals surface area contributed by atoms with Gasteiger partial charge in [0.1, 0.15) is 18.0 Å². The summed E-state index contributed by atoms with van der Waals surface area (Å²) >= 11 is 0. The van der Waals surface area contributed by atoms with Gasteiger partial charge >= 0.3 is 5.69 Å². The van der Waals surface area contributed by atoms with Crippen LogP contribution in [0.2, 0.25) is 0 Å². The summed E-state index contributed by atoms with van der Waals surface area (Å²) in [5.41, 5.74) is -1.19. The van der Waals surface area contributed by atoms with Gasteiger partial charge in [-0.15, -0.1) is 0 Å². The van der Waals surface area contributed by atoms with Gasteiger partial charge in [0.15, 0.2) is 0 Å². The van der Waals surface area contributed by atoms with Gasteiger partial charge in [0.2, 0.25) is 11.6 Å². The number of benzene rings is 1. The number of hydrogen-bond donors (Lipinski definition) is 2. The van der Waals surface area contributed by atoms with Gasteiger partial charge in [-0.1, -0.05) is 0 Å². The van der Waals surface area contributed by atoms with E-state index in [4.69, 9.17) is 0 Å². The largest absolute Gasteiger partial charge is 0.360 e. The quantitative estimate of drug-likeness (QED) is 0.659. The van der Waals surface area contributed by atoms with Crippen LogP contribution in [0.5, 0.6) is 0 Å². The Hall–Kier alpha value is -2.84. The number of hydrogen-bond acceptors (Lipinski definition) is 6. The maximum Gasteiger partial charge on any atom is 0.353 e. The zero-order chi connectivity index (χ0) is 17.2. The fourth-order valence-electron chi connectivity index (χ4n) is 1.81. The lowest BCUT2D eigenvalue weighted by molar-refractivity contribution is -0.383. The number of rotatable bonds is 4. The average Bonchev–Trinajstić information content (AvgIpc) is 2.41. The molecule has 1 aromatic carbocycles. The number of nitro groups is 1. The van der Waals surface area contributed by atoms with Gasteiger partial charge in [0.05, 0.1) is 10.6 Å². The number of aromatic nitrogens is 2. The highest BCUT2D eigenvalue weighted by molar-refractivity contribution is 5.74. The first-order valence-electron chi connectivity index (χ1n) is 6.67. The predicted octanol–water partition coefficient (Wildman–Crippen LogP) is 3.62. The van der Waals surface area contributed by atoms with Crippen LogP contribution >= 0.6 is 0 Å². The van der Waals surface area contributed by atoms with E-state index < -0.39 is 27.8 Å². The Morgan fingerprint density at radius 1 is 1.17 bits per heavy atom. The second-order valence-corrected chi connectivity index (χ2v) is 5.80. The molecule has 0 fully saturated rings. The van der Waals surface area contributed by atoms with E-state index in [0.29, 0.717) is 0 Å². The normalized spacial score (nSPS) is 11.2. The van der Waals surface area contributed by atoms with Crippen molar-refractivity contribution in [1.29, 1.82) is 0 Å². The first-order chi connectivity index (χ1) is 10.7. The van der Waals surface area contributed by atoms with Crippen LogP contribution in [0.3, 0.4) is 0 Å². The Labute approximate surface area is 130 Å². The highest BCUT2D eigenvalue weighted by Crippen LogP contribution is 2.33. The van der Waals surface area contributed by atoms with Crippen LogP contribution in [-0.2, 0) is 0 Å². The summed E-state index contributed by atoms with van der Waals surface area (Å²) in [4.78, 5) is 18.3. The topological polar surface area (TPSA) is 93.0 Å². The smallest absolute Gasteiger partial charge is 0.353 e. The molecule has 0 saturated carbocycles. The van der Waals surface area contributed by atoms with Crippen molar-refractivity contribution in [3.8, 4) is 0 Å². The summed E-state index contributed by atoms with van der Waals surface area (Å²) in [7, 11) is 0. The third-order valence-electron chi connectivity index (χ3n) is 2.68. The van der Waals surface area contributed by atoms with Crippen LogP contribution in [0.1, 0.15) is 20.8 Å². The Morgan fingerprint density at radius 3 is 2.43 bits per heavy atom. The molecule has 2 aromatic rings. The monoisotopic (exact) mass is 323 g/mol. The molecule has 0 amide bonds. The molecule has 2 N–H and O–H groups in total. The van der Waals surface area contributed by atoms with Crippen molar-refractivity contribution in [3.63, 3.8) is 0 Å². The van der Waals surface area contributed by atoms with E-state index in [9.17, 15) is 18.9 Å². The first-order valence-corrected chi connectivity index (χ1v) is 6.67. The lowest BCUT2D eigenvalue weighted by Gasteiger charge is -2.21. The molecule has 1 aromatic heterocycles. The molecule has 0 unspecified atom stereocenters. The van der Waals surface area contributed by atoms with Crippen LogP contribution in [0.4, 0.5) is 31.8 Å². The molecule has 122 valence electrons. The van der Waals surface area contributed by atoms with E-state index in [2.05, 4.69) is 20.6 Å². The summed E-state index contributed by atoms with van der Waals surface area (Å²) in [6, 6.07) is 2.75. The third-order valence-corrected chi connectivity index (χ3v) is 2.68. The van der Waals surface area contributed by atoms with Crippen molar-refractivity contribution in [2.45, 2.75) is 26.3 Å². The molecule has 0 aliphatic carbocycles. The molecule has 0 saturated heterocycles. The van der Waals surface area contributed by atoms with Crippen LogP contribution in [0.15, 0.2) is 24.5 Å². The average molecular weight is 323 g/mol.